The zero-order valence-electron chi connectivity index (χ0n) is 30.5. The van der Waals surface area contributed by atoms with E-state index in [4.69, 9.17) is 161 Å². The summed E-state index contributed by atoms with van der Waals surface area (Å²) in [5.41, 5.74) is -2.21. The van der Waals surface area contributed by atoms with Crippen LogP contribution in [0, 0.1) is 0 Å². The highest BCUT2D eigenvalue weighted by Crippen LogP contribution is 2.45. The maximum atomic E-state index is 12.2. The summed E-state index contributed by atoms with van der Waals surface area (Å²) in [6, 6.07) is 1.62. The number of phenols is 1. The van der Waals surface area contributed by atoms with Gasteiger partial charge in [0.05, 0.1) is 0 Å². The summed E-state index contributed by atoms with van der Waals surface area (Å²) in [6.45, 7) is 0. The molecule has 1 aromatic heterocycles. The Hall–Kier alpha value is -3.78. The van der Waals surface area contributed by atoms with Gasteiger partial charge >= 0.3 is 0 Å². The van der Waals surface area contributed by atoms with Gasteiger partial charge in [-0.15, -0.1) is 49.2 Å². The molecule has 0 aliphatic heterocycles. The van der Waals surface area contributed by atoms with Crippen molar-refractivity contribution >= 4 is 320 Å². The minimum atomic E-state index is -0.608. The number of fused-ring (bicyclic) bond motifs is 6. The van der Waals surface area contributed by atoms with E-state index >= 15 is 0 Å². The van der Waals surface area contributed by atoms with Crippen LogP contribution in [0.1, 0.15) is 0 Å². The van der Waals surface area contributed by atoms with Gasteiger partial charge in [-0.25, -0.2) is 0 Å². The minimum absolute atomic E-state index is 0.00379. The van der Waals surface area contributed by atoms with Crippen molar-refractivity contribution in [1.82, 2.24) is 0 Å². The van der Waals surface area contributed by atoms with Gasteiger partial charge in [-0.05, 0) is 60.7 Å². The van der Waals surface area contributed by atoms with Crippen molar-refractivity contribution in [2.24, 2.45) is 0 Å². The second kappa shape index (κ2) is 13.6. The van der Waals surface area contributed by atoms with E-state index in [0.29, 0.717) is 5.39 Å². The van der Waals surface area contributed by atoms with Gasteiger partial charge in [0.2, 0.25) is 0 Å². The second-order valence-electron chi connectivity index (χ2n) is 14.1. The fourth-order valence-corrected chi connectivity index (χ4v) is 8.08. The van der Waals surface area contributed by atoms with Gasteiger partial charge in [0.25, 0.3) is 0 Å². The topological polar surface area (TPSA) is 33.4 Å². The lowest BCUT2D eigenvalue weighted by molar-refractivity contribution is 0.486. The largest absolute Gasteiger partial charge is 0.508 e. The Kier molecular flexibility index (Phi) is 9.62. The first-order valence-corrected chi connectivity index (χ1v) is 17.0. The van der Waals surface area contributed by atoms with Gasteiger partial charge in [-0.3, -0.25) is 0 Å². The van der Waals surface area contributed by atoms with Gasteiger partial charge < -0.3 is 9.52 Å². The molecule has 0 saturated carbocycles. The smallest absolute Gasteiger partial charge is 0.128 e. The van der Waals surface area contributed by atoms with E-state index in [0.717, 1.165) is 0 Å². The van der Waals surface area contributed by atoms with E-state index < -0.39 is 5.75 Å². The molecule has 0 aliphatic carbocycles. The van der Waals surface area contributed by atoms with Crippen LogP contribution >= 0.6 is 0 Å². The molecule has 1 heterocycles. The molecule has 8 aromatic rings. The zero-order chi connectivity index (χ0) is 42.6. The molecule has 0 atom stereocenters. The second-order valence-corrected chi connectivity index (χ2v) is 14.1. The third-order valence-electron chi connectivity index (χ3n) is 11.2. The molecular weight excluding hydrogens is 681 g/mol. The summed E-state index contributed by atoms with van der Waals surface area (Å²) >= 11 is 0. The maximum Gasteiger partial charge on any atom is 0.128 e. The van der Waals surface area contributed by atoms with Crippen molar-refractivity contribution in [3.8, 4) is 28.0 Å². The van der Waals surface area contributed by atoms with Crippen molar-refractivity contribution in [2.45, 2.75) is 0 Å². The molecule has 0 aliphatic rings. The first kappa shape index (κ1) is 41.0. The molecule has 8 rings (SSSR count). The van der Waals surface area contributed by atoms with Gasteiger partial charge in [0, 0.05) is 16.2 Å². The third kappa shape index (κ3) is 5.08. The van der Waals surface area contributed by atoms with Crippen molar-refractivity contribution in [2.75, 3.05) is 0 Å². The summed E-state index contributed by atoms with van der Waals surface area (Å²) in [6.07, 6.45) is 0. The van der Waals surface area contributed by atoms with Crippen LogP contribution in [-0.2, 0) is 0 Å². The number of rotatable bonds is 2. The molecule has 40 radical (unpaired) electrons. The molecule has 0 amide bonds. The molecule has 0 spiro atoms. The van der Waals surface area contributed by atoms with Crippen LogP contribution in [0.2, 0.25) is 0 Å². The summed E-state index contributed by atoms with van der Waals surface area (Å²) in [5, 5.41) is 13.1. The minimum Gasteiger partial charge on any atom is -0.508 e. The van der Waals surface area contributed by atoms with Gasteiger partial charge in [-0.2, -0.15) is 0 Å². The molecule has 1 N–H and O–H groups in total. The number of hydrogen-bond donors (Lipinski definition) is 1. The van der Waals surface area contributed by atoms with Gasteiger partial charge in [0.15, 0.2) is 0 Å². The monoisotopic (exact) mass is 686 g/mol. The zero-order valence-corrected chi connectivity index (χ0v) is 30.5. The first-order valence-electron chi connectivity index (χ1n) is 17.0. The Morgan fingerprint density at radius 3 is 1.14 bits per heavy atom. The van der Waals surface area contributed by atoms with Crippen molar-refractivity contribution in [1.29, 1.82) is 0 Å². The molecular formula is C36H2B20O2. The van der Waals surface area contributed by atoms with E-state index in [1.165, 1.54) is 0 Å². The van der Waals surface area contributed by atoms with Crippen LogP contribution in [0.15, 0.2) is 10.5 Å². The number of benzene rings is 7. The van der Waals surface area contributed by atoms with Gasteiger partial charge in [0.1, 0.15) is 174 Å². The van der Waals surface area contributed by atoms with E-state index in [1.54, 1.807) is 6.07 Å². The normalized spacial score (nSPS) is 11.9. The molecule has 0 fully saturated rings. The molecule has 0 bridgehead atoms. The van der Waals surface area contributed by atoms with Crippen LogP contribution in [0.5, 0.6) is 5.75 Å². The lowest BCUT2D eigenvalue weighted by atomic mass is 9.57. The van der Waals surface area contributed by atoms with Crippen molar-refractivity contribution in [3.63, 3.8) is 0 Å². The fourth-order valence-electron chi connectivity index (χ4n) is 8.08. The summed E-state index contributed by atoms with van der Waals surface area (Å²) in [7, 11) is 132. The van der Waals surface area contributed by atoms with E-state index in [9.17, 15) is 5.11 Å². The highest BCUT2D eigenvalue weighted by atomic mass is 16.3. The van der Waals surface area contributed by atoms with Crippen LogP contribution < -0.4 is 109 Å². The summed E-state index contributed by atoms with van der Waals surface area (Å²) in [5.74, 6) is -0.608. The molecule has 2 nitrogen and oxygen atoms in total. The Morgan fingerprint density at radius 2 is 0.621 bits per heavy atom. The van der Waals surface area contributed by atoms with Crippen molar-refractivity contribution < 1.29 is 9.52 Å². The Bertz CT molecular complexity index is 3190. The lowest BCUT2D eigenvalue weighted by Crippen LogP contribution is -2.55. The average molecular weight is 683 g/mol. The number of aromatic hydroxyl groups is 1. The third-order valence-corrected chi connectivity index (χ3v) is 11.2. The Balaban J connectivity index is 1.79. The predicted molar refractivity (Wildman–Crippen MR) is 267 cm³/mol. The van der Waals surface area contributed by atoms with Crippen molar-refractivity contribution in [3.05, 3.63) is 6.07 Å². The molecule has 0 saturated heterocycles. The first-order chi connectivity index (χ1) is 27.1. The van der Waals surface area contributed by atoms with Crippen LogP contribution in [0.3, 0.4) is 0 Å². The Morgan fingerprint density at radius 1 is 0.259 bits per heavy atom. The molecule has 7 aromatic carbocycles. The SMILES string of the molecule is [B]c1c([B])c([B])c(-c2c3c([B])c([B])c([B])c([B])c3c(-c3c([B])c([B])c([B])c4oc5c([B])c6c([B])c([B])c([B])c([B])c6cc5c34)c3c([B])c([B])c([B])c(O)c23)c([B])c1[B]. The lowest BCUT2D eigenvalue weighted by Gasteiger charge is -2.31. The highest BCUT2D eigenvalue weighted by molar-refractivity contribution is 6.74. The van der Waals surface area contributed by atoms with Crippen LogP contribution in [-0.4, -0.2) is 162 Å². The van der Waals surface area contributed by atoms with E-state index in [1.807, 2.05) is 0 Å². The fraction of sp³-hybridized carbons (Fsp3) is 0. The number of hydrogen-bond acceptors (Lipinski definition) is 2. The molecule has 0 unspecified atom stereocenters. The molecule has 22 heteroatoms. The van der Waals surface area contributed by atoms with Gasteiger partial charge in [-0.1, -0.05) is 54.6 Å². The van der Waals surface area contributed by atoms with E-state index in [2.05, 4.69) is 0 Å². The molecule has 58 heavy (non-hydrogen) atoms. The average Bonchev–Trinajstić information content (AvgIpc) is 3.58. The van der Waals surface area contributed by atoms with Crippen LogP contribution in [0.4, 0.5) is 0 Å². The standard InChI is InChI=1S/C36H2B20O2/c37-14-2-1-3-4-8(16(39)30(53)33(56)36(4)58-35(3)22(45)5(2)15(38)24(47)23(14)46)6-9-10(18(41)26(49)25(48)17(9)40)7(12-11(6)19(42)29(52)32(55)34(12)57)13-20(43)27(50)31(54)28(51)21(13)44/h1,57H. The molecule has 218 valence electrons. The summed E-state index contributed by atoms with van der Waals surface area (Å²) in [4.78, 5) is 0. The maximum absolute atomic E-state index is 12.2. The Labute approximate surface area is 362 Å². The number of phenolic OH excluding ortho intramolecular Hbond substituents is 1. The number of furan rings is 1. The quantitative estimate of drug-likeness (QED) is 0.145. The predicted octanol–water partition coefficient (Wildman–Crippen LogP) is -14.0. The summed E-state index contributed by atoms with van der Waals surface area (Å²) < 4.78 is 6.41. The van der Waals surface area contributed by atoms with Crippen LogP contribution in [0.25, 0.3) is 76.5 Å². The van der Waals surface area contributed by atoms with E-state index in [-0.39, 0.29) is 180 Å². The highest BCUT2D eigenvalue weighted by Gasteiger charge is 2.31.